The highest BCUT2D eigenvalue weighted by molar-refractivity contribution is 5.70. The third kappa shape index (κ3) is 4.03. The van der Waals surface area contributed by atoms with E-state index in [4.69, 9.17) is 13.8 Å². The Kier molecular flexibility index (Phi) is 4.85. The molecule has 0 aliphatic rings. The summed E-state index contributed by atoms with van der Waals surface area (Å²) in [6, 6.07) is 3.53. The van der Waals surface area contributed by atoms with Crippen molar-refractivity contribution < 1.29 is 18.6 Å². The van der Waals surface area contributed by atoms with E-state index in [1.54, 1.807) is 6.07 Å². The van der Waals surface area contributed by atoms with E-state index in [2.05, 4.69) is 10.3 Å². The molecule has 6 nitrogen and oxygen atoms in total. The van der Waals surface area contributed by atoms with Gasteiger partial charge in [-0.3, -0.25) is 4.79 Å². The average molecular weight is 264 g/mol. The van der Waals surface area contributed by atoms with Crippen molar-refractivity contribution >= 4 is 6.29 Å². The van der Waals surface area contributed by atoms with Crippen LogP contribution in [-0.4, -0.2) is 23.2 Å². The van der Waals surface area contributed by atoms with Crippen LogP contribution in [0.15, 0.2) is 21.2 Å². The van der Waals surface area contributed by atoms with E-state index in [9.17, 15) is 4.79 Å². The molecule has 0 saturated heterocycles. The minimum Gasteiger partial charge on any atom is -0.373 e. The van der Waals surface area contributed by atoms with Crippen LogP contribution in [0.2, 0.25) is 0 Å². The Morgan fingerprint density at radius 3 is 2.79 bits per heavy atom. The molecule has 102 valence electrons. The first-order valence-electron chi connectivity index (χ1n) is 6.24. The summed E-state index contributed by atoms with van der Waals surface area (Å²) < 4.78 is 15.3. The van der Waals surface area contributed by atoms with Crippen LogP contribution >= 0.6 is 0 Å². The molecule has 2 rings (SSSR count). The fourth-order valence-electron chi connectivity index (χ4n) is 1.62. The summed E-state index contributed by atoms with van der Waals surface area (Å²) in [5.41, 5.74) is 1.70. The number of ether oxygens (including phenoxy) is 1. The van der Waals surface area contributed by atoms with Gasteiger partial charge in [0.2, 0.25) is 0 Å². The Morgan fingerprint density at radius 2 is 2.11 bits per heavy atom. The molecule has 0 fully saturated rings. The maximum Gasteiger partial charge on any atom is 0.199 e. The molecule has 0 bridgehead atoms. The highest BCUT2D eigenvalue weighted by Gasteiger charge is 2.04. The topological polar surface area (TPSA) is 78.4 Å². The molecule has 0 amide bonds. The molecule has 0 spiro atoms. The van der Waals surface area contributed by atoms with Crippen LogP contribution < -0.4 is 0 Å². The van der Waals surface area contributed by atoms with Crippen LogP contribution in [0, 0.1) is 0 Å². The predicted molar refractivity (Wildman–Crippen MR) is 65.7 cm³/mol. The van der Waals surface area contributed by atoms with E-state index < -0.39 is 0 Å². The maximum atomic E-state index is 10.4. The number of rotatable bonds is 8. The number of aromatic nitrogens is 2. The van der Waals surface area contributed by atoms with E-state index in [0.717, 1.165) is 30.0 Å². The predicted octanol–water partition coefficient (Wildman–Crippen LogP) is 2.19. The van der Waals surface area contributed by atoms with E-state index in [1.165, 1.54) is 0 Å². The Labute approximate surface area is 110 Å². The molecule has 0 N–H and O–H groups in total. The fraction of sp³-hybridized carbons (Fsp3) is 0.462. The summed E-state index contributed by atoms with van der Waals surface area (Å²) in [4.78, 5) is 10.4. The highest BCUT2D eigenvalue weighted by Crippen LogP contribution is 2.07. The molecule has 2 aromatic rings. The zero-order chi connectivity index (χ0) is 13.5. The second kappa shape index (κ2) is 6.84. The standard InChI is InChI=1S/C13H16N2O4/c1-2-10-6-13(19-14-10)9-17-5-3-4-11-7-12(8-16)18-15-11/h6-8H,2-5,9H2,1H3. The van der Waals surface area contributed by atoms with Crippen LogP contribution in [-0.2, 0) is 24.2 Å². The Balaban J connectivity index is 1.62. The summed E-state index contributed by atoms with van der Waals surface area (Å²) in [6.07, 6.45) is 3.02. The van der Waals surface area contributed by atoms with Crippen molar-refractivity contribution in [2.24, 2.45) is 0 Å². The van der Waals surface area contributed by atoms with Gasteiger partial charge >= 0.3 is 0 Å². The average Bonchev–Trinajstić information content (AvgIpc) is 3.06. The number of carbonyl (C=O) groups excluding carboxylic acids is 1. The van der Waals surface area contributed by atoms with Gasteiger partial charge in [0.25, 0.3) is 0 Å². The number of aryl methyl sites for hydroxylation is 2. The number of carbonyl (C=O) groups is 1. The zero-order valence-corrected chi connectivity index (χ0v) is 10.8. The smallest absolute Gasteiger partial charge is 0.199 e. The summed E-state index contributed by atoms with van der Waals surface area (Å²) in [5.74, 6) is 0.992. The van der Waals surface area contributed by atoms with E-state index in [1.807, 2.05) is 13.0 Å². The van der Waals surface area contributed by atoms with Crippen molar-refractivity contribution in [3.63, 3.8) is 0 Å². The molecule has 0 unspecified atom stereocenters. The zero-order valence-electron chi connectivity index (χ0n) is 10.8. The van der Waals surface area contributed by atoms with E-state index >= 15 is 0 Å². The van der Waals surface area contributed by atoms with Crippen molar-refractivity contribution in [1.29, 1.82) is 0 Å². The van der Waals surface area contributed by atoms with Crippen LogP contribution in [0.4, 0.5) is 0 Å². The number of hydrogen-bond donors (Lipinski definition) is 0. The first-order chi connectivity index (χ1) is 9.31. The fourth-order valence-corrected chi connectivity index (χ4v) is 1.62. The third-order valence-electron chi connectivity index (χ3n) is 2.63. The molecular weight excluding hydrogens is 248 g/mol. The SMILES string of the molecule is CCc1cc(COCCCc2cc(C=O)on2)on1. The minimum atomic E-state index is 0.254. The van der Waals surface area contributed by atoms with Crippen LogP contribution in [0.3, 0.4) is 0 Å². The van der Waals surface area contributed by atoms with Gasteiger partial charge in [-0.15, -0.1) is 0 Å². The first-order valence-corrected chi connectivity index (χ1v) is 6.24. The second-order valence-corrected chi connectivity index (χ2v) is 4.13. The summed E-state index contributed by atoms with van der Waals surface area (Å²) >= 11 is 0. The van der Waals surface area contributed by atoms with Gasteiger partial charge < -0.3 is 13.8 Å². The lowest BCUT2D eigenvalue weighted by atomic mass is 10.2. The molecule has 0 aliphatic carbocycles. The van der Waals surface area contributed by atoms with Crippen molar-refractivity contribution in [1.82, 2.24) is 10.3 Å². The van der Waals surface area contributed by atoms with Gasteiger partial charge in [-0.1, -0.05) is 17.2 Å². The molecule has 0 aromatic carbocycles. The molecule has 19 heavy (non-hydrogen) atoms. The Bertz CT molecular complexity index is 518. The largest absolute Gasteiger partial charge is 0.373 e. The Hall–Kier alpha value is -1.95. The first kappa shape index (κ1) is 13.5. The molecule has 6 heteroatoms. The lowest BCUT2D eigenvalue weighted by Crippen LogP contribution is -1.97. The van der Waals surface area contributed by atoms with Crippen LogP contribution in [0.25, 0.3) is 0 Å². The Morgan fingerprint density at radius 1 is 1.26 bits per heavy atom. The van der Waals surface area contributed by atoms with Gasteiger partial charge in [0.1, 0.15) is 6.61 Å². The monoisotopic (exact) mass is 264 g/mol. The summed E-state index contributed by atoms with van der Waals surface area (Å²) in [6.45, 7) is 3.03. The van der Waals surface area contributed by atoms with E-state index in [-0.39, 0.29) is 5.76 Å². The maximum absolute atomic E-state index is 10.4. The highest BCUT2D eigenvalue weighted by atomic mass is 16.5. The summed E-state index contributed by atoms with van der Waals surface area (Å²) in [5, 5.41) is 7.65. The van der Waals surface area contributed by atoms with Gasteiger partial charge in [0.05, 0.1) is 11.4 Å². The quantitative estimate of drug-likeness (QED) is 0.537. The number of aldehydes is 1. The molecule has 2 heterocycles. The minimum absolute atomic E-state index is 0.254. The van der Waals surface area contributed by atoms with Crippen molar-refractivity contribution in [2.45, 2.75) is 32.8 Å². The normalized spacial score (nSPS) is 10.8. The van der Waals surface area contributed by atoms with Crippen molar-refractivity contribution in [3.8, 4) is 0 Å². The molecule has 2 aromatic heterocycles. The molecule has 0 saturated carbocycles. The van der Waals surface area contributed by atoms with Gasteiger partial charge in [-0.05, 0) is 19.3 Å². The summed E-state index contributed by atoms with van der Waals surface area (Å²) in [7, 11) is 0. The van der Waals surface area contributed by atoms with Crippen molar-refractivity contribution in [2.75, 3.05) is 6.61 Å². The number of hydrogen-bond acceptors (Lipinski definition) is 6. The molecule has 0 radical (unpaired) electrons. The molecule has 0 atom stereocenters. The van der Waals surface area contributed by atoms with Gasteiger partial charge in [0, 0.05) is 18.7 Å². The molecule has 0 aliphatic heterocycles. The number of nitrogens with zero attached hydrogens (tertiary/aromatic N) is 2. The second-order valence-electron chi connectivity index (χ2n) is 4.13. The van der Waals surface area contributed by atoms with E-state index in [0.29, 0.717) is 25.9 Å². The van der Waals surface area contributed by atoms with Crippen molar-refractivity contribution in [3.05, 3.63) is 35.0 Å². The lowest BCUT2D eigenvalue weighted by Gasteiger charge is -1.99. The van der Waals surface area contributed by atoms with Crippen LogP contribution in [0.1, 0.15) is 41.0 Å². The molecular formula is C13H16N2O4. The third-order valence-corrected chi connectivity index (χ3v) is 2.63. The van der Waals surface area contributed by atoms with Gasteiger partial charge in [-0.25, -0.2) is 0 Å². The van der Waals surface area contributed by atoms with Crippen LogP contribution in [0.5, 0.6) is 0 Å². The van der Waals surface area contributed by atoms with Gasteiger partial charge in [0.15, 0.2) is 17.8 Å². The van der Waals surface area contributed by atoms with Gasteiger partial charge in [-0.2, -0.15) is 0 Å². The lowest BCUT2D eigenvalue weighted by molar-refractivity contribution is 0.0989.